The van der Waals surface area contributed by atoms with Crippen molar-refractivity contribution in [1.29, 1.82) is 0 Å². The lowest BCUT2D eigenvalue weighted by molar-refractivity contribution is 0.441. The van der Waals surface area contributed by atoms with Crippen molar-refractivity contribution in [3.05, 3.63) is 46.2 Å². The Bertz CT molecular complexity index is 607. The minimum absolute atomic E-state index is 0.115. The van der Waals surface area contributed by atoms with Crippen LogP contribution in [0.5, 0.6) is 11.8 Å². The van der Waals surface area contributed by atoms with Gasteiger partial charge in [0.1, 0.15) is 16.4 Å². The lowest BCUT2D eigenvalue weighted by atomic mass is 10.3. The summed E-state index contributed by atoms with van der Waals surface area (Å²) in [5.41, 5.74) is 5.90. The highest BCUT2D eigenvalue weighted by atomic mass is 35.5. The van der Waals surface area contributed by atoms with Gasteiger partial charge in [-0.3, -0.25) is 0 Å². The van der Waals surface area contributed by atoms with E-state index in [1.807, 2.05) is 0 Å². The zero-order valence-corrected chi connectivity index (χ0v) is 11.3. The molecule has 0 atom stereocenters. The van der Waals surface area contributed by atoms with E-state index in [0.717, 1.165) is 0 Å². The molecule has 0 aliphatic heterocycles. The molecule has 7 heteroatoms. The smallest absolute Gasteiger partial charge is 0.322 e. The minimum atomic E-state index is 0.115. The van der Waals surface area contributed by atoms with Crippen molar-refractivity contribution in [3.8, 4) is 11.8 Å². The summed E-state index contributed by atoms with van der Waals surface area (Å²) in [6.07, 6.45) is 1.50. The summed E-state index contributed by atoms with van der Waals surface area (Å²) in [6, 6.07) is 6.56. The van der Waals surface area contributed by atoms with Gasteiger partial charge < -0.3 is 10.5 Å². The van der Waals surface area contributed by atoms with E-state index in [9.17, 15) is 0 Å². The van der Waals surface area contributed by atoms with Crippen LogP contribution in [-0.2, 0) is 0 Å². The van der Waals surface area contributed by atoms with Gasteiger partial charge in [0.2, 0.25) is 0 Å². The van der Waals surface area contributed by atoms with Crippen molar-refractivity contribution >= 4 is 40.4 Å². The summed E-state index contributed by atoms with van der Waals surface area (Å²) >= 11 is 16.6. The van der Waals surface area contributed by atoms with Crippen molar-refractivity contribution in [1.82, 2.24) is 9.97 Å². The van der Waals surface area contributed by atoms with Crippen LogP contribution in [0.15, 0.2) is 30.5 Å². The van der Waals surface area contributed by atoms with Crippen molar-refractivity contribution in [2.75, 3.05) is 0 Å². The minimum Gasteiger partial charge on any atom is -0.423 e. The number of nitrogens with two attached hydrogens (primary N) is 1. The maximum absolute atomic E-state index is 5.97. The number of hydrogen-bond acceptors (Lipinski definition) is 4. The molecule has 2 N–H and O–H groups in total. The van der Waals surface area contributed by atoms with Gasteiger partial charge in [-0.1, -0.05) is 35.4 Å². The van der Waals surface area contributed by atoms with E-state index in [1.165, 1.54) is 6.20 Å². The highest BCUT2D eigenvalue weighted by Gasteiger charge is 2.07. The van der Waals surface area contributed by atoms with Crippen LogP contribution in [-0.4, -0.2) is 15.0 Å². The van der Waals surface area contributed by atoms with E-state index in [2.05, 4.69) is 9.97 Å². The zero-order valence-electron chi connectivity index (χ0n) is 8.93. The quantitative estimate of drug-likeness (QED) is 0.882. The predicted molar refractivity (Wildman–Crippen MR) is 74.5 cm³/mol. The van der Waals surface area contributed by atoms with Crippen molar-refractivity contribution in [3.63, 3.8) is 0 Å². The van der Waals surface area contributed by atoms with Gasteiger partial charge in [0, 0.05) is 11.2 Å². The normalized spacial score (nSPS) is 10.1. The SMILES string of the molecule is NC(=S)c1ccnc(Oc2ccc(Cl)cc2Cl)n1. The number of benzene rings is 1. The molecule has 18 heavy (non-hydrogen) atoms. The highest BCUT2D eigenvalue weighted by molar-refractivity contribution is 7.80. The van der Waals surface area contributed by atoms with Crippen LogP contribution in [0, 0.1) is 0 Å². The van der Waals surface area contributed by atoms with E-state index in [-0.39, 0.29) is 11.0 Å². The average Bonchev–Trinajstić information content (AvgIpc) is 2.33. The monoisotopic (exact) mass is 299 g/mol. The van der Waals surface area contributed by atoms with Gasteiger partial charge in [0.15, 0.2) is 0 Å². The molecule has 0 saturated carbocycles. The van der Waals surface area contributed by atoms with Crippen LogP contribution < -0.4 is 10.5 Å². The molecule has 2 aromatic rings. The van der Waals surface area contributed by atoms with E-state index < -0.39 is 0 Å². The Labute approximate surface area is 119 Å². The third-order valence-corrected chi connectivity index (χ3v) is 2.72. The molecule has 0 aliphatic rings. The number of aromatic nitrogens is 2. The molecule has 0 spiro atoms. The maximum Gasteiger partial charge on any atom is 0.322 e. The van der Waals surface area contributed by atoms with Gasteiger partial charge in [-0.2, -0.15) is 4.98 Å². The van der Waals surface area contributed by atoms with Crippen LogP contribution in [0.3, 0.4) is 0 Å². The van der Waals surface area contributed by atoms with Gasteiger partial charge >= 0.3 is 6.01 Å². The average molecular weight is 300 g/mol. The van der Waals surface area contributed by atoms with Gasteiger partial charge in [0.05, 0.1) is 5.02 Å². The Morgan fingerprint density at radius 1 is 1.28 bits per heavy atom. The molecule has 1 aromatic carbocycles. The Kier molecular flexibility index (Phi) is 3.96. The molecule has 0 aliphatic carbocycles. The van der Waals surface area contributed by atoms with Gasteiger partial charge in [-0.05, 0) is 24.3 Å². The first-order valence-electron chi connectivity index (χ1n) is 4.82. The Morgan fingerprint density at radius 3 is 2.72 bits per heavy atom. The summed E-state index contributed by atoms with van der Waals surface area (Å²) in [6.45, 7) is 0. The molecular formula is C11H7Cl2N3OS. The van der Waals surface area contributed by atoms with Crippen LogP contribution in [0.4, 0.5) is 0 Å². The molecule has 0 bridgehead atoms. The Hall–Kier alpha value is -1.43. The molecule has 0 fully saturated rings. The summed E-state index contributed by atoms with van der Waals surface area (Å²) in [5.74, 6) is 0.404. The number of thiocarbonyl (C=S) groups is 1. The van der Waals surface area contributed by atoms with Crippen LogP contribution in [0.25, 0.3) is 0 Å². The molecule has 0 saturated heterocycles. The second-order valence-electron chi connectivity index (χ2n) is 3.27. The van der Waals surface area contributed by atoms with Crippen molar-refractivity contribution in [2.45, 2.75) is 0 Å². The second kappa shape index (κ2) is 5.48. The van der Waals surface area contributed by atoms with Gasteiger partial charge in [-0.25, -0.2) is 4.98 Å². The number of rotatable bonds is 3. The summed E-state index contributed by atoms with van der Waals surface area (Å²) in [4.78, 5) is 8.15. The van der Waals surface area contributed by atoms with Gasteiger partial charge in [-0.15, -0.1) is 0 Å². The molecule has 92 valence electrons. The molecule has 2 rings (SSSR count). The van der Waals surface area contributed by atoms with E-state index in [1.54, 1.807) is 24.3 Å². The molecule has 0 unspecified atom stereocenters. The highest BCUT2D eigenvalue weighted by Crippen LogP contribution is 2.30. The summed E-state index contributed by atoms with van der Waals surface area (Å²) < 4.78 is 5.43. The largest absolute Gasteiger partial charge is 0.423 e. The molecule has 0 amide bonds. The first kappa shape index (κ1) is 13.0. The first-order valence-corrected chi connectivity index (χ1v) is 5.98. The molecule has 0 radical (unpaired) electrons. The first-order chi connectivity index (χ1) is 8.56. The number of nitrogens with zero attached hydrogens (tertiary/aromatic N) is 2. The summed E-state index contributed by atoms with van der Waals surface area (Å²) in [5, 5.41) is 0.886. The maximum atomic E-state index is 5.97. The van der Waals surface area contributed by atoms with Crippen molar-refractivity contribution < 1.29 is 4.74 Å². The molecule has 1 aromatic heterocycles. The third-order valence-electron chi connectivity index (χ3n) is 1.98. The fourth-order valence-corrected chi connectivity index (χ4v) is 1.74. The summed E-state index contributed by atoms with van der Waals surface area (Å²) in [7, 11) is 0. The molecular weight excluding hydrogens is 293 g/mol. The van der Waals surface area contributed by atoms with E-state index >= 15 is 0 Å². The number of hydrogen-bond donors (Lipinski definition) is 1. The second-order valence-corrected chi connectivity index (χ2v) is 4.55. The Morgan fingerprint density at radius 2 is 2.06 bits per heavy atom. The van der Waals surface area contributed by atoms with E-state index in [4.69, 9.17) is 45.9 Å². The molecule has 1 heterocycles. The predicted octanol–water partition coefficient (Wildman–Crippen LogP) is 3.21. The zero-order chi connectivity index (χ0) is 13.1. The standard InChI is InChI=1S/C11H7Cl2N3OS/c12-6-1-2-9(7(13)5-6)17-11-15-4-3-8(16-11)10(14)18/h1-5H,(H2,14,18). The number of halogens is 2. The number of ether oxygens (including phenoxy) is 1. The lowest BCUT2D eigenvalue weighted by Gasteiger charge is -2.06. The van der Waals surface area contributed by atoms with E-state index in [0.29, 0.717) is 21.5 Å². The fraction of sp³-hybridized carbons (Fsp3) is 0. The fourth-order valence-electron chi connectivity index (χ4n) is 1.18. The molecule has 4 nitrogen and oxygen atoms in total. The van der Waals surface area contributed by atoms with Gasteiger partial charge in [0.25, 0.3) is 0 Å². The van der Waals surface area contributed by atoms with Crippen LogP contribution in [0.2, 0.25) is 10.0 Å². The topological polar surface area (TPSA) is 61.0 Å². The van der Waals surface area contributed by atoms with Crippen LogP contribution in [0.1, 0.15) is 5.69 Å². The van der Waals surface area contributed by atoms with Crippen molar-refractivity contribution in [2.24, 2.45) is 5.73 Å². The Balaban J connectivity index is 2.28. The third kappa shape index (κ3) is 3.07. The lowest BCUT2D eigenvalue weighted by Crippen LogP contribution is -2.12. The van der Waals surface area contributed by atoms with Crippen LogP contribution >= 0.6 is 35.4 Å².